The fourth-order valence-electron chi connectivity index (χ4n) is 12.9. The van der Waals surface area contributed by atoms with Crippen LogP contribution in [0.4, 0.5) is 0 Å². The molecule has 8 fully saturated rings. The highest BCUT2D eigenvalue weighted by atomic mass is 14.7. The summed E-state index contributed by atoms with van der Waals surface area (Å²) in [6.07, 6.45) is 17.9. The highest BCUT2D eigenvalue weighted by molar-refractivity contribution is 5.44. The van der Waals surface area contributed by atoms with E-state index < -0.39 is 0 Å². The van der Waals surface area contributed by atoms with Crippen LogP contribution in [0.3, 0.4) is 0 Å². The van der Waals surface area contributed by atoms with Crippen molar-refractivity contribution < 1.29 is 0 Å². The van der Waals surface area contributed by atoms with Gasteiger partial charge in [-0.15, -0.1) is 0 Å². The Morgan fingerprint density at radius 1 is 0.500 bits per heavy atom. The standard InChI is InChI=1S/C30H42/c1-25-9-21-10-26(2,15-25)18-29(13-21,17-25)23-7-5-6-8-24(23)30-14-22-11-27(3,19-30)16-28(4,12-22)20-30/h5-8,21-22H,9-20H2,1-4H3. The van der Waals surface area contributed by atoms with Crippen molar-refractivity contribution in [3.63, 3.8) is 0 Å². The van der Waals surface area contributed by atoms with E-state index in [1.165, 1.54) is 77.0 Å². The lowest BCUT2D eigenvalue weighted by Crippen LogP contribution is -2.59. The van der Waals surface area contributed by atoms with E-state index in [0.29, 0.717) is 32.5 Å². The van der Waals surface area contributed by atoms with E-state index in [2.05, 4.69) is 52.0 Å². The highest BCUT2D eigenvalue weighted by Gasteiger charge is 2.64. The second-order valence-corrected chi connectivity index (χ2v) is 15.4. The molecule has 30 heavy (non-hydrogen) atoms. The predicted octanol–water partition coefficient (Wildman–Crippen LogP) is 8.18. The molecule has 162 valence electrons. The zero-order valence-corrected chi connectivity index (χ0v) is 19.9. The predicted molar refractivity (Wildman–Crippen MR) is 125 cm³/mol. The molecule has 0 heterocycles. The van der Waals surface area contributed by atoms with Crippen molar-refractivity contribution in [2.24, 2.45) is 33.5 Å². The van der Waals surface area contributed by atoms with E-state index in [1.807, 2.05) is 11.1 Å². The molecule has 0 aliphatic heterocycles. The molecule has 8 aliphatic rings. The average Bonchev–Trinajstić information content (AvgIpc) is 2.55. The Kier molecular flexibility index (Phi) is 3.27. The van der Waals surface area contributed by atoms with Crippen LogP contribution in [0, 0.1) is 33.5 Å². The maximum atomic E-state index is 2.65. The molecule has 9 rings (SSSR count). The lowest BCUT2D eigenvalue weighted by Gasteiger charge is -2.68. The summed E-state index contributed by atoms with van der Waals surface area (Å²) in [4.78, 5) is 0. The van der Waals surface area contributed by atoms with Gasteiger partial charge in [-0.3, -0.25) is 0 Å². The van der Waals surface area contributed by atoms with Gasteiger partial charge < -0.3 is 0 Å². The highest BCUT2D eigenvalue weighted by Crippen LogP contribution is 2.73. The third-order valence-electron chi connectivity index (χ3n) is 11.3. The summed E-state index contributed by atoms with van der Waals surface area (Å²) in [5, 5.41) is 0. The topological polar surface area (TPSA) is 0 Å². The van der Waals surface area contributed by atoms with Crippen LogP contribution in [-0.2, 0) is 10.8 Å². The smallest absolute Gasteiger partial charge is 0.00310 e. The van der Waals surface area contributed by atoms with Crippen molar-refractivity contribution in [2.45, 2.75) is 116 Å². The summed E-state index contributed by atoms with van der Waals surface area (Å²) in [6.45, 7) is 10.6. The van der Waals surface area contributed by atoms with Crippen LogP contribution >= 0.6 is 0 Å². The first-order valence-electron chi connectivity index (χ1n) is 13.1. The summed E-state index contributed by atoms with van der Waals surface area (Å²) in [5.74, 6) is 1.96. The van der Waals surface area contributed by atoms with Crippen molar-refractivity contribution >= 4 is 0 Å². The summed E-state index contributed by atoms with van der Waals surface area (Å²) in [7, 11) is 0. The number of hydrogen-bond acceptors (Lipinski definition) is 0. The van der Waals surface area contributed by atoms with Crippen LogP contribution in [0.25, 0.3) is 0 Å². The zero-order valence-electron chi connectivity index (χ0n) is 19.9. The molecule has 0 saturated heterocycles. The molecule has 0 aromatic heterocycles. The van der Waals surface area contributed by atoms with Crippen molar-refractivity contribution in [2.75, 3.05) is 0 Å². The van der Waals surface area contributed by atoms with E-state index in [4.69, 9.17) is 0 Å². The maximum Gasteiger partial charge on any atom is -0.00310 e. The van der Waals surface area contributed by atoms with Gasteiger partial charge in [-0.2, -0.15) is 0 Å². The van der Waals surface area contributed by atoms with Gasteiger partial charge in [0.05, 0.1) is 0 Å². The first-order chi connectivity index (χ1) is 14.0. The van der Waals surface area contributed by atoms with Crippen LogP contribution in [-0.4, -0.2) is 0 Å². The zero-order chi connectivity index (χ0) is 20.6. The summed E-state index contributed by atoms with van der Waals surface area (Å²) in [5.41, 5.74) is 7.01. The first kappa shape index (κ1) is 18.8. The Balaban J connectivity index is 1.39. The van der Waals surface area contributed by atoms with Gasteiger partial charge in [0.1, 0.15) is 0 Å². The van der Waals surface area contributed by atoms with Gasteiger partial charge in [-0.05, 0) is 133 Å². The van der Waals surface area contributed by atoms with Crippen molar-refractivity contribution in [1.82, 2.24) is 0 Å². The van der Waals surface area contributed by atoms with Gasteiger partial charge in [0.25, 0.3) is 0 Å². The van der Waals surface area contributed by atoms with Crippen molar-refractivity contribution in [3.8, 4) is 0 Å². The molecule has 8 saturated carbocycles. The van der Waals surface area contributed by atoms with Gasteiger partial charge >= 0.3 is 0 Å². The quantitative estimate of drug-likeness (QED) is 0.468. The largest absolute Gasteiger partial charge is 0.0620 e. The van der Waals surface area contributed by atoms with Gasteiger partial charge in [0, 0.05) is 0 Å². The molecule has 0 heteroatoms. The van der Waals surface area contributed by atoms with Crippen LogP contribution in [0.15, 0.2) is 24.3 Å². The fourth-order valence-corrected chi connectivity index (χ4v) is 12.9. The van der Waals surface area contributed by atoms with Crippen LogP contribution < -0.4 is 0 Å². The molecule has 0 amide bonds. The lowest BCUT2D eigenvalue weighted by molar-refractivity contribution is -0.118. The molecule has 1 aromatic rings. The second-order valence-electron chi connectivity index (χ2n) is 15.4. The molecule has 8 bridgehead atoms. The van der Waals surface area contributed by atoms with E-state index in [9.17, 15) is 0 Å². The van der Waals surface area contributed by atoms with Gasteiger partial charge in [0.2, 0.25) is 0 Å². The van der Waals surface area contributed by atoms with Crippen molar-refractivity contribution in [1.29, 1.82) is 0 Å². The Bertz CT molecular complexity index is 811. The van der Waals surface area contributed by atoms with Crippen LogP contribution in [0.2, 0.25) is 0 Å². The van der Waals surface area contributed by atoms with E-state index >= 15 is 0 Å². The van der Waals surface area contributed by atoms with Crippen LogP contribution in [0.5, 0.6) is 0 Å². The van der Waals surface area contributed by atoms with Gasteiger partial charge in [0.15, 0.2) is 0 Å². The Hall–Kier alpha value is -0.780. The van der Waals surface area contributed by atoms with Gasteiger partial charge in [-0.25, -0.2) is 0 Å². The van der Waals surface area contributed by atoms with Crippen molar-refractivity contribution in [3.05, 3.63) is 35.4 Å². The molecule has 0 spiro atoms. The SMILES string of the molecule is CC12CC3CC(C)(C1)CC(c1ccccc1C14CC5CC(C)(CC(C)(C5)C1)C4)(C3)C2. The average molecular weight is 403 g/mol. The molecule has 0 N–H and O–H groups in total. The maximum absolute atomic E-state index is 2.65. The third kappa shape index (κ3) is 2.40. The lowest BCUT2D eigenvalue weighted by atomic mass is 9.36. The van der Waals surface area contributed by atoms with E-state index in [1.54, 1.807) is 0 Å². The Morgan fingerprint density at radius 2 is 0.833 bits per heavy atom. The second kappa shape index (κ2) is 5.23. The number of benzene rings is 1. The van der Waals surface area contributed by atoms with Gasteiger partial charge in [-0.1, -0.05) is 52.0 Å². The summed E-state index contributed by atoms with van der Waals surface area (Å²) < 4.78 is 0. The fraction of sp³-hybridized carbons (Fsp3) is 0.800. The van der Waals surface area contributed by atoms with E-state index in [0.717, 1.165) is 11.8 Å². The summed E-state index contributed by atoms with van der Waals surface area (Å²) in [6, 6.07) is 10.0. The van der Waals surface area contributed by atoms with E-state index in [-0.39, 0.29) is 0 Å². The monoisotopic (exact) mass is 402 g/mol. The number of hydrogen-bond donors (Lipinski definition) is 0. The normalized spacial score (nSPS) is 57.9. The van der Waals surface area contributed by atoms with Crippen LogP contribution in [0.1, 0.15) is 116 Å². The molecule has 4 unspecified atom stereocenters. The Labute approximate surface area is 184 Å². The molecule has 0 nitrogen and oxygen atoms in total. The molecular formula is C30H42. The third-order valence-corrected chi connectivity index (χ3v) is 11.3. The minimum absolute atomic E-state index is 0.477. The molecule has 8 aliphatic carbocycles. The molecule has 4 atom stereocenters. The first-order valence-corrected chi connectivity index (χ1v) is 13.1. The Morgan fingerprint density at radius 3 is 1.13 bits per heavy atom. The molecule has 0 radical (unpaired) electrons. The number of rotatable bonds is 2. The summed E-state index contributed by atoms with van der Waals surface area (Å²) >= 11 is 0. The minimum Gasteiger partial charge on any atom is -0.0620 e. The minimum atomic E-state index is 0.477. The molecule has 1 aromatic carbocycles. The molecular weight excluding hydrogens is 360 g/mol.